The number of hydrogen-bond donors (Lipinski definition) is 0. The lowest BCUT2D eigenvalue weighted by molar-refractivity contribution is 0.0699. The number of sulfone groups is 1. The zero-order chi connectivity index (χ0) is 16.4. The summed E-state index contributed by atoms with van der Waals surface area (Å²) in [6.07, 6.45) is 7.09. The van der Waals surface area contributed by atoms with Gasteiger partial charge in [-0.2, -0.15) is 0 Å². The third kappa shape index (κ3) is 3.79. The quantitative estimate of drug-likeness (QED) is 0.816. The van der Waals surface area contributed by atoms with E-state index in [9.17, 15) is 13.2 Å². The number of hydrogen-bond acceptors (Lipinski definition) is 4. The molecule has 3 rings (SSSR count). The number of unbranched alkanes of at least 4 members (excludes halogenated alkanes) is 1. The summed E-state index contributed by atoms with van der Waals surface area (Å²) in [5, 5.41) is 0. The number of nitrogens with zero attached hydrogens (tertiary/aromatic N) is 1. The molecule has 128 valence electrons. The molecule has 1 amide bonds. The Labute approximate surface area is 142 Å². The maximum absolute atomic E-state index is 13.0. The van der Waals surface area contributed by atoms with E-state index in [0.29, 0.717) is 13.0 Å². The van der Waals surface area contributed by atoms with E-state index in [1.165, 1.54) is 23.3 Å². The van der Waals surface area contributed by atoms with Gasteiger partial charge in [0.1, 0.15) is 0 Å². The Morgan fingerprint density at radius 1 is 1.35 bits per heavy atom. The zero-order valence-corrected chi connectivity index (χ0v) is 15.3. The second-order valence-corrected chi connectivity index (χ2v) is 10.0. The Hall–Kier alpha value is -0.880. The third-order valence-corrected chi connectivity index (χ3v) is 7.85. The first-order valence-electron chi connectivity index (χ1n) is 8.63. The number of rotatable bonds is 5. The summed E-state index contributed by atoms with van der Waals surface area (Å²) in [7, 11) is -2.97. The molecule has 4 nitrogen and oxygen atoms in total. The Bertz CT molecular complexity index is 655. The second-order valence-electron chi connectivity index (χ2n) is 6.68. The van der Waals surface area contributed by atoms with Crippen LogP contribution in [0.5, 0.6) is 0 Å². The molecule has 0 radical (unpaired) electrons. The van der Waals surface area contributed by atoms with Crippen LogP contribution in [0, 0.1) is 0 Å². The largest absolute Gasteiger partial charge is 0.334 e. The lowest BCUT2D eigenvalue weighted by Gasteiger charge is -2.27. The maximum Gasteiger partial charge on any atom is 0.264 e. The summed E-state index contributed by atoms with van der Waals surface area (Å²) in [6.45, 7) is 2.76. The molecule has 1 saturated heterocycles. The molecule has 0 aromatic carbocycles. The minimum absolute atomic E-state index is 0.0416. The van der Waals surface area contributed by atoms with Gasteiger partial charge in [0.2, 0.25) is 0 Å². The number of amides is 1. The normalized spacial score (nSPS) is 22.7. The minimum Gasteiger partial charge on any atom is -0.334 e. The van der Waals surface area contributed by atoms with Gasteiger partial charge in [0.05, 0.1) is 16.4 Å². The van der Waals surface area contributed by atoms with Crippen LogP contribution in [0.1, 0.15) is 59.1 Å². The molecule has 1 atom stereocenters. The molecule has 2 heterocycles. The van der Waals surface area contributed by atoms with Crippen LogP contribution in [0.15, 0.2) is 6.07 Å². The van der Waals surface area contributed by atoms with Gasteiger partial charge < -0.3 is 4.90 Å². The van der Waals surface area contributed by atoms with E-state index in [2.05, 4.69) is 13.0 Å². The van der Waals surface area contributed by atoms with E-state index in [4.69, 9.17) is 0 Å². The zero-order valence-electron chi connectivity index (χ0n) is 13.7. The van der Waals surface area contributed by atoms with Gasteiger partial charge in [0.15, 0.2) is 9.84 Å². The van der Waals surface area contributed by atoms with Crippen molar-refractivity contribution in [3.05, 3.63) is 21.4 Å². The van der Waals surface area contributed by atoms with Crippen LogP contribution in [-0.2, 0) is 22.7 Å². The Morgan fingerprint density at radius 3 is 2.78 bits per heavy atom. The van der Waals surface area contributed by atoms with Crippen LogP contribution >= 0.6 is 11.3 Å². The average molecular weight is 356 g/mol. The van der Waals surface area contributed by atoms with Gasteiger partial charge >= 0.3 is 0 Å². The monoisotopic (exact) mass is 355 g/mol. The molecule has 1 aromatic heterocycles. The average Bonchev–Trinajstić information content (AvgIpc) is 3.10. The van der Waals surface area contributed by atoms with E-state index in [0.717, 1.165) is 30.6 Å². The first-order valence-corrected chi connectivity index (χ1v) is 11.3. The maximum atomic E-state index is 13.0. The predicted molar refractivity (Wildman–Crippen MR) is 94.0 cm³/mol. The highest BCUT2D eigenvalue weighted by Gasteiger charge is 2.35. The van der Waals surface area contributed by atoms with Gasteiger partial charge in [-0.15, -0.1) is 11.3 Å². The van der Waals surface area contributed by atoms with Crippen molar-refractivity contribution < 1.29 is 13.2 Å². The topological polar surface area (TPSA) is 54.5 Å². The fourth-order valence-corrected chi connectivity index (χ4v) is 6.48. The van der Waals surface area contributed by atoms with Crippen molar-refractivity contribution in [1.29, 1.82) is 0 Å². The molecule has 1 fully saturated rings. The van der Waals surface area contributed by atoms with Gasteiger partial charge in [-0.1, -0.05) is 13.3 Å². The molecule has 0 N–H and O–H groups in total. The predicted octanol–water partition coefficient (Wildman–Crippen LogP) is 3.06. The highest BCUT2D eigenvalue weighted by atomic mass is 32.2. The smallest absolute Gasteiger partial charge is 0.264 e. The Kier molecular flexibility index (Phi) is 5.11. The van der Waals surface area contributed by atoms with Gasteiger partial charge in [-0.3, -0.25) is 4.79 Å². The fourth-order valence-electron chi connectivity index (χ4n) is 3.54. The number of carbonyl (C=O) groups excluding carboxylic acids is 1. The summed E-state index contributed by atoms with van der Waals surface area (Å²) in [5.74, 6) is 0.391. The van der Waals surface area contributed by atoms with Gasteiger partial charge in [-0.25, -0.2) is 8.42 Å². The molecule has 0 saturated carbocycles. The van der Waals surface area contributed by atoms with Crippen LogP contribution in [0.2, 0.25) is 0 Å². The summed E-state index contributed by atoms with van der Waals surface area (Å²) >= 11 is 1.62. The number of fused-ring (bicyclic) bond motifs is 1. The molecular formula is C17H25NO3S2. The van der Waals surface area contributed by atoms with Crippen LogP contribution in [-0.4, -0.2) is 43.3 Å². The number of aryl methyl sites for hydroxylation is 2. The third-order valence-electron chi connectivity index (χ3n) is 4.87. The van der Waals surface area contributed by atoms with E-state index >= 15 is 0 Å². The Balaban J connectivity index is 1.81. The van der Waals surface area contributed by atoms with Crippen LogP contribution in [0.3, 0.4) is 0 Å². The summed E-state index contributed by atoms with van der Waals surface area (Å²) in [6, 6.07) is 1.92. The molecule has 23 heavy (non-hydrogen) atoms. The molecular weight excluding hydrogens is 330 g/mol. The van der Waals surface area contributed by atoms with Crippen LogP contribution in [0.25, 0.3) is 0 Å². The molecule has 1 aromatic rings. The van der Waals surface area contributed by atoms with Crippen molar-refractivity contribution in [2.45, 2.75) is 57.9 Å². The second kappa shape index (κ2) is 6.93. The molecule has 1 aliphatic carbocycles. The van der Waals surface area contributed by atoms with Gasteiger partial charge in [0, 0.05) is 17.5 Å². The summed E-state index contributed by atoms with van der Waals surface area (Å²) in [5.41, 5.74) is 1.33. The summed E-state index contributed by atoms with van der Waals surface area (Å²) < 4.78 is 23.6. The van der Waals surface area contributed by atoms with Crippen molar-refractivity contribution in [3.8, 4) is 0 Å². The van der Waals surface area contributed by atoms with Crippen molar-refractivity contribution >= 4 is 27.1 Å². The standard InChI is InChI=1S/C17H25NO3S2/c1-2-3-9-18(14-8-10-23(20,21)12-14)17(19)16-11-13-6-4-5-7-15(13)22-16/h11,14H,2-10,12H2,1H3. The number of thiophene rings is 1. The van der Waals surface area contributed by atoms with E-state index in [-0.39, 0.29) is 23.5 Å². The van der Waals surface area contributed by atoms with E-state index in [1.54, 1.807) is 11.3 Å². The van der Waals surface area contributed by atoms with Crippen molar-refractivity contribution in [3.63, 3.8) is 0 Å². The van der Waals surface area contributed by atoms with Crippen LogP contribution in [0.4, 0.5) is 0 Å². The minimum atomic E-state index is -2.97. The molecule has 1 unspecified atom stereocenters. The van der Waals surface area contributed by atoms with E-state index < -0.39 is 9.84 Å². The molecule has 6 heteroatoms. The lowest BCUT2D eigenvalue weighted by Crippen LogP contribution is -2.41. The van der Waals surface area contributed by atoms with Crippen molar-refractivity contribution in [1.82, 2.24) is 4.90 Å². The molecule has 0 spiro atoms. The van der Waals surface area contributed by atoms with Gasteiger partial charge in [0.25, 0.3) is 5.91 Å². The highest BCUT2D eigenvalue weighted by molar-refractivity contribution is 7.91. The summed E-state index contributed by atoms with van der Waals surface area (Å²) in [4.78, 5) is 17.0. The fraction of sp³-hybridized carbons (Fsp3) is 0.706. The highest BCUT2D eigenvalue weighted by Crippen LogP contribution is 2.31. The molecule has 0 bridgehead atoms. The molecule has 2 aliphatic rings. The van der Waals surface area contributed by atoms with Gasteiger partial charge in [-0.05, 0) is 50.2 Å². The Morgan fingerprint density at radius 2 is 2.13 bits per heavy atom. The molecule has 1 aliphatic heterocycles. The first-order chi connectivity index (χ1) is 11.0. The van der Waals surface area contributed by atoms with Crippen molar-refractivity contribution in [2.24, 2.45) is 0 Å². The SMILES string of the molecule is CCCCN(C(=O)c1cc2c(s1)CCCC2)C1CCS(=O)(=O)C1. The van der Waals surface area contributed by atoms with E-state index in [1.807, 2.05) is 4.90 Å². The lowest BCUT2D eigenvalue weighted by atomic mass is 9.99. The van der Waals surface area contributed by atoms with Crippen LogP contribution < -0.4 is 0 Å². The van der Waals surface area contributed by atoms with Crippen molar-refractivity contribution in [2.75, 3.05) is 18.1 Å². The first kappa shape index (κ1) is 17.0. The number of carbonyl (C=O) groups is 1.